The van der Waals surface area contributed by atoms with E-state index in [0.717, 1.165) is 4.68 Å². The molecule has 3 rings (SSSR count). The van der Waals surface area contributed by atoms with Crippen molar-refractivity contribution >= 4 is 23.5 Å². The van der Waals surface area contributed by atoms with E-state index in [9.17, 15) is 19.1 Å². The predicted molar refractivity (Wildman–Crippen MR) is 104 cm³/mol. The number of nitrogens with zero attached hydrogens (tertiary/aromatic N) is 2. The van der Waals surface area contributed by atoms with Crippen molar-refractivity contribution in [3.8, 4) is 11.6 Å². The van der Waals surface area contributed by atoms with Gasteiger partial charge in [0.1, 0.15) is 11.5 Å². The molecule has 0 aliphatic carbocycles. The van der Waals surface area contributed by atoms with E-state index in [1.54, 1.807) is 30.3 Å². The van der Waals surface area contributed by atoms with Crippen LogP contribution in [-0.2, 0) is 4.79 Å². The van der Waals surface area contributed by atoms with Crippen molar-refractivity contribution in [1.82, 2.24) is 15.1 Å². The third kappa shape index (κ3) is 4.55. The van der Waals surface area contributed by atoms with E-state index in [0.29, 0.717) is 10.6 Å². The van der Waals surface area contributed by atoms with Gasteiger partial charge in [-0.15, -0.1) is 0 Å². The van der Waals surface area contributed by atoms with Gasteiger partial charge in [-0.2, -0.15) is 9.78 Å². The van der Waals surface area contributed by atoms with Gasteiger partial charge in [-0.05, 0) is 23.8 Å². The Morgan fingerprint density at radius 1 is 1.24 bits per heavy atom. The largest absolute Gasteiger partial charge is 0.481 e. The molecule has 2 aromatic carbocycles. The highest BCUT2D eigenvalue weighted by molar-refractivity contribution is 6.31. The predicted octanol–water partition coefficient (Wildman–Crippen LogP) is 3.62. The van der Waals surface area contributed by atoms with E-state index in [2.05, 4.69) is 10.4 Å². The minimum absolute atomic E-state index is 0.0625. The lowest BCUT2D eigenvalue weighted by atomic mass is 10.0. The number of halogens is 2. The number of aromatic nitrogens is 2. The highest BCUT2D eigenvalue weighted by Gasteiger charge is 2.24. The second-order valence-corrected chi connectivity index (χ2v) is 6.49. The van der Waals surface area contributed by atoms with Crippen molar-refractivity contribution in [1.29, 1.82) is 0 Å². The summed E-state index contributed by atoms with van der Waals surface area (Å²) in [4.78, 5) is 24.0. The summed E-state index contributed by atoms with van der Waals surface area (Å²) in [7, 11) is 1.37. The van der Waals surface area contributed by atoms with Gasteiger partial charge in [-0.3, -0.25) is 9.59 Å². The molecule has 1 aromatic heterocycles. The lowest BCUT2D eigenvalue weighted by Gasteiger charge is -2.18. The Labute approximate surface area is 170 Å². The first-order valence-corrected chi connectivity index (χ1v) is 8.94. The molecule has 1 atom stereocenters. The van der Waals surface area contributed by atoms with E-state index in [-0.39, 0.29) is 23.7 Å². The van der Waals surface area contributed by atoms with Crippen LogP contribution in [0.5, 0.6) is 5.88 Å². The van der Waals surface area contributed by atoms with Gasteiger partial charge in [0.05, 0.1) is 19.6 Å². The Kier molecular flexibility index (Phi) is 6.13. The number of methoxy groups -OCH3 is 1. The maximum absolute atomic E-state index is 14.1. The summed E-state index contributed by atoms with van der Waals surface area (Å²) in [5, 5.41) is 16.3. The molecular weight excluding hydrogens is 401 g/mol. The van der Waals surface area contributed by atoms with Crippen LogP contribution in [0.1, 0.15) is 28.5 Å². The molecule has 0 fully saturated rings. The molecule has 2 N–H and O–H groups in total. The summed E-state index contributed by atoms with van der Waals surface area (Å²) in [5.41, 5.74) is 0.509. The van der Waals surface area contributed by atoms with Crippen LogP contribution < -0.4 is 10.1 Å². The number of rotatable bonds is 7. The number of nitrogens with one attached hydrogen (secondary N) is 1. The molecule has 1 amide bonds. The fraction of sp³-hybridized carbons (Fsp3) is 0.150. The third-order valence-corrected chi connectivity index (χ3v) is 4.51. The van der Waals surface area contributed by atoms with Crippen LogP contribution in [0.25, 0.3) is 5.69 Å². The minimum atomic E-state index is -1.11. The Bertz CT molecular complexity index is 1050. The van der Waals surface area contributed by atoms with Crippen molar-refractivity contribution in [2.24, 2.45) is 0 Å². The number of hydrogen-bond donors (Lipinski definition) is 2. The number of benzene rings is 2. The summed E-state index contributed by atoms with van der Waals surface area (Å²) >= 11 is 6.16. The van der Waals surface area contributed by atoms with Crippen molar-refractivity contribution in [2.75, 3.05) is 7.11 Å². The topological polar surface area (TPSA) is 93.4 Å². The number of aliphatic carboxylic acids is 1. The third-order valence-electron chi connectivity index (χ3n) is 4.16. The van der Waals surface area contributed by atoms with Crippen LogP contribution in [0.3, 0.4) is 0 Å². The summed E-state index contributed by atoms with van der Waals surface area (Å²) < 4.78 is 20.5. The minimum Gasteiger partial charge on any atom is -0.481 e. The number of para-hydroxylation sites is 1. The lowest BCUT2D eigenvalue weighted by Crippen LogP contribution is -2.30. The molecule has 7 nitrogen and oxygen atoms in total. The fourth-order valence-corrected chi connectivity index (χ4v) is 3.09. The van der Waals surface area contributed by atoms with Gasteiger partial charge in [-0.1, -0.05) is 41.9 Å². The molecule has 150 valence electrons. The van der Waals surface area contributed by atoms with Crippen molar-refractivity contribution < 1.29 is 23.8 Å². The second-order valence-electron chi connectivity index (χ2n) is 6.08. The van der Waals surface area contributed by atoms with E-state index >= 15 is 0 Å². The number of ether oxygens (including phenoxy) is 1. The maximum atomic E-state index is 14.1. The van der Waals surface area contributed by atoms with Gasteiger partial charge in [-0.25, -0.2) is 4.39 Å². The number of carboxylic acids is 1. The first-order valence-electron chi connectivity index (χ1n) is 8.56. The van der Waals surface area contributed by atoms with Crippen LogP contribution in [0.15, 0.2) is 54.6 Å². The zero-order valence-electron chi connectivity index (χ0n) is 15.3. The molecule has 0 saturated heterocycles. The number of carbonyl (C=O) groups is 2. The molecule has 0 spiro atoms. The first kappa shape index (κ1) is 20.3. The van der Waals surface area contributed by atoms with Gasteiger partial charge in [0.25, 0.3) is 5.91 Å². The van der Waals surface area contributed by atoms with Crippen molar-refractivity contribution in [2.45, 2.75) is 12.5 Å². The summed E-state index contributed by atoms with van der Waals surface area (Å²) in [5.74, 6) is -2.15. The summed E-state index contributed by atoms with van der Waals surface area (Å²) in [6, 6.07) is 13.0. The Balaban J connectivity index is 1.92. The van der Waals surface area contributed by atoms with Gasteiger partial charge in [0.15, 0.2) is 5.69 Å². The molecule has 1 heterocycles. The second kappa shape index (κ2) is 8.74. The van der Waals surface area contributed by atoms with Crippen LogP contribution >= 0.6 is 11.6 Å². The lowest BCUT2D eigenvalue weighted by molar-refractivity contribution is -0.137. The molecule has 0 aliphatic rings. The number of hydrogen-bond acceptors (Lipinski definition) is 4. The summed E-state index contributed by atoms with van der Waals surface area (Å²) in [6.07, 6.45) is -0.374. The Morgan fingerprint density at radius 3 is 2.59 bits per heavy atom. The zero-order chi connectivity index (χ0) is 21.0. The van der Waals surface area contributed by atoms with Gasteiger partial charge < -0.3 is 15.2 Å². The molecule has 3 aromatic rings. The molecule has 0 aliphatic heterocycles. The maximum Gasteiger partial charge on any atom is 0.305 e. The SMILES string of the molecule is COc1cc(C(=O)N[C@@H](CC(=O)O)c2ccccc2Cl)nn1-c1ccccc1F. The van der Waals surface area contributed by atoms with Crippen LogP contribution in [-0.4, -0.2) is 33.9 Å². The van der Waals surface area contributed by atoms with Crippen LogP contribution in [0.2, 0.25) is 5.02 Å². The average Bonchev–Trinajstić information content (AvgIpc) is 3.12. The molecular formula is C20H17ClFN3O4. The Morgan fingerprint density at radius 2 is 1.93 bits per heavy atom. The highest BCUT2D eigenvalue weighted by Crippen LogP contribution is 2.26. The molecule has 0 saturated carbocycles. The van der Waals surface area contributed by atoms with Crippen molar-refractivity contribution in [3.63, 3.8) is 0 Å². The van der Waals surface area contributed by atoms with E-state index in [4.69, 9.17) is 16.3 Å². The van der Waals surface area contributed by atoms with Gasteiger partial charge in [0, 0.05) is 11.1 Å². The molecule has 29 heavy (non-hydrogen) atoms. The average molecular weight is 418 g/mol. The van der Waals surface area contributed by atoms with Crippen LogP contribution in [0, 0.1) is 5.82 Å². The molecule has 0 radical (unpaired) electrons. The quantitative estimate of drug-likeness (QED) is 0.612. The fourth-order valence-electron chi connectivity index (χ4n) is 2.82. The van der Waals surface area contributed by atoms with Crippen LogP contribution in [0.4, 0.5) is 4.39 Å². The zero-order valence-corrected chi connectivity index (χ0v) is 16.1. The Hall–Kier alpha value is -3.39. The number of carboxylic acid groups (broad SMARTS) is 1. The highest BCUT2D eigenvalue weighted by atomic mass is 35.5. The van der Waals surface area contributed by atoms with E-state index in [1.807, 2.05) is 0 Å². The van der Waals surface area contributed by atoms with Gasteiger partial charge in [0.2, 0.25) is 5.88 Å². The molecule has 0 unspecified atom stereocenters. The smallest absolute Gasteiger partial charge is 0.305 e. The summed E-state index contributed by atoms with van der Waals surface area (Å²) in [6.45, 7) is 0. The molecule has 9 heteroatoms. The first-order chi connectivity index (χ1) is 13.9. The normalized spacial score (nSPS) is 11.7. The monoisotopic (exact) mass is 417 g/mol. The number of carbonyl (C=O) groups excluding carboxylic acids is 1. The van der Waals surface area contributed by atoms with E-state index in [1.165, 1.54) is 31.4 Å². The number of amides is 1. The standard InChI is InChI=1S/C20H17ClFN3O4/c1-29-18-10-16(24-25(18)17-9-5-4-8-14(17)22)20(28)23-15(11-19(26)27)12-6-2-3-7-13(12)21/h2-10,15H,11H2,1H3,(H,23,28)(H,26,27)/t15-/m0/s1. The van der Waals surface area contributed by atoms with Gasteiger partial charge >= 0.3 is 5.97 Å². The molecule has 0 bridgehead atoms. The van der Waals surface area contributed by atoms with E-state index < -0.39 is 23.7 Å². The van der Waals surface area contributed by atoms with Crippen molar-refractivity contribution in [3.05, 3.63) is 76.7 Å².